The molecule has 14 heavy (non-hydrogen) atoms. The van der Waals surface area contributed by atoms with Crippen molar-refractivity contribution in [3.05, 3.63) is 22.4 Å². The van der Waals surface area contributed by atoms with E-state index in [1.54, 1.807) is 11.3 Å². The molecule has 78 valence electrons. The van der Waals surface area contributed by atoms with Gasteiger partial charge in [-0.15, -0.1) is 0 Å². The Kier molecular flexibility index (Phi) is 4.29. The van der Waals surface area contributed by atoms with Gasteiger partial charge in [-0.05, 0) is 30.8 Å². The van der Waals surface area contributed by atoms with E-state index >= 15 is 0 Å². The minimum Gasteiger partial charge on any atom is -0.307 e. The SMILES string of the molecule is CC(C)CNC(C)C(=O)c1ccsc1. The van der Waals surface area contributed by atoms with Gasteiger partial charge in [-0.2, -0.15) is 11.3 Å². The normalized spacial score (nSPS) is 13.1. The molecule has 1 atom stereocenters. The van der Waals surface area contributed by atoms with Crippen molar-refractivity contribution in [1.29, 1.82) is 0 Å². The van der Waals surface area contributed by atoms with Crippen molar-refractivity contribution in [2.75, 3.05) is 6.54 Å². The second-order valence-corrected chi connectivity index (χ2v) is 4.68. The van der Waals surface area contributed by atoms with Crippen LogP contribution in [0.3, 0.4) is 0 Å². The van der Waals surface area contributed by atoms with Crippen molar-refractivity contribution in [3.63, 3.8) is 0 Å². The van der Waals surface area contributed by atoms with E-state index in [0.717, 1.165) is 12.1 Å². The molecule has 1 unspecified atom stereocenters. The number of nitrogens with one attached hydrogen (secondary N) is 1. The van der Waals surface area contributed by atoms with E-state index in [1.807, 2.05) is 23.8 Å². The van der Waals surface area contributed by atoms with Gasteiger partial charge >= 0.3 is 0 Å². The van der Waals surface area contributed by atoms with Crippen LogP contribution in [0.15, 0.2) is 16.8 Å². The van der Waals surface area contributed by atoms with E-state index in [2.05, 4.69) is 19.2 Å². The topological polar surface area (TPSA) is 29.1 Å². The number of ketones is 1. The van der Waals surface area contributed by atoms with Crippen LogP contribution < -0.4 is 5.32 Å². The summed E-state index contributed by atoms with van der Waals surface area (Å²) in [7, 11) is 0. The van der Waals surface area contributed by atoms with Crippen molar-refractivity contribution < 1.29 is 4.79 Å². The highest BCUT2D eigenvalue weighted by atomic mass is 32.1. The fraction of sp³-hybridized carbons (Fsp3) is 0.545. The van der Waals surface area contributed by atoms with Crippen LogP contribution in [0.1, 0.15) is 31.1 Å². The van der Waals surface area contributed by atoms with E-state index in [0.29, 0.717) is 5.92 Å². The third-order valence-corrected chi connectivity index (χ3v) is 2.71. The van der Waals surface area contributed by atoms with Gasteiger partial charge in [0.25, 0.3) is 0 Å². The number of thiophene rings is 1. The fourth-order valence-corrected chi connectivity index (χ4v) is 1.80. The van der Waals surface area contributed by atoms with E-state index in [1.165, 1.54) is 0 Å². The van der Waals surface area contributed by atoms with Gasteiger partial charge in [-0.1, -0.05) is 13.8 Å². The van der Waals surface area contributed by atoms with E-state index < -0.39 is 0 Å². The number of hydrogen-bond donors (Lipinski definition) is 1. The van der Waals surface area contributed by atoms with Crippen LogP contribution in [-0.2, 0) is 0 Å². The Morgan fingerprint density at radius 3 is 2.71 bits per heavy atom. The van der Waals surface area contributed by atoms with Crippen LogP contribution in [0.4, 0.5) is 0 Å². The zero-order valence-corrected chi connectivity index (χ0v) is 9.73. The van der Waals surface area contributed by atoms with Crippen LogP contribution in [0, 0.1) is 5.92 Å². The maximum Gasteiger partial charge on any atom is 0.180 e. The molecule has 2 nitrogen and oxygen atoms in total. The van der Waals surface area contributed by atoms with E-state index in [-0.39, 0.29) is 11.8 Å². The maximum atomic E-state index is 11.8. The Morgan fingerprint density at radius 1 is 1.50 bits per heavy atom. The van der Waals surface area contributed by atoms with Gasteiger partial charge < -0.3 is 5.32 Å². The largest absolute Gasteiger partial charge is 0.307 e. The van der Waals surface area contributed by atoms with Crippen LogP contribution in [0.5, 0.6) is 0 Å². The molecule has 1 aromatic rings. The quantitative estimate of drug-likeness (QED) is 0.758. The van der Waals surface area contributed by atoms with Crippen molar-refractivity contribution in [2.45, 2.75) is 26.8 Å². The summed E-state index contributed by atoms with van der Waals surface area (Å²) in [6.07, 6.45) is 0. The second kappa shape index (κ2) is 5.27. The summed E-state index contributed by atoms with van der Waals surface area (Å²) in [6.45, 7) is 7.07. The molecule has 0 aromatic carbocycles. The highest BCUT2D eigenvalue weighted by Crippen LogP contribution is 2.08. The minimum atomic E-state index is -0.0769. The fourth-order valence-electron chi connectivity index (χ4n) is 1.16. The highest BCUT2D eigenvalue weighted by molar-refractivity contribution is 7.08. The van der Waals surface area contributed by atoms with Gasteiger partial charge in [0.15, 0.2) is 5.78 Å². The summed E-state index contributed by atoms with van der Waals surface area (Å²) in [5.41, 5.74) is 0.818. The van der Waals surface area contributed by atoms with Crippen LogP contribution in [-0.4, -0.2) is 18.4 Å². The Balaban J connectivity index is 2.45. The number of hydrogen-bond acceptors (Lipinski definition) is 3. The average molecular weight is 211 g/mol. The first-order chi connectivity index (χ1) is 6.61. The average Bonchev–Trinajstić information content (AvgIpc) is 2.65. The van der Waals surface area contributed by atoms with Gasteiger partial charge in [-0.25, -0.2) is 0 Å². The molecule has 1 N–H and O–H groups in total. The molecule has 0 aliphatic carbocycles. The third-order valence-electron chi connectivity index (χ3n) is 2.03. The Labute approximate surface area is 89.3 Å². The summed E-state index contributed by atoms with van der Waals surface area (Å²) in [5.74, 6) is 0.764. The predicted molar refractivity (Wildman–Crippen MR) is 61.0 cm³/mol. The number of carbonyl (C=O) groups excluding carboxylic acids is 1. The molecule has 3 heteroatoms. The molecule has 0 bridgehead atoms. The lowest BCUT2D eigenvalue weighted by molar-refractivity contribution is 0.0950. The number of rotatable bonds is 5. The molecular formula is C11H17NOS. The molecule has 0 saturated heterocycles. The summed E-state index contributed by atoms with van der Waals surface area (Å²) >= 11 is 1.56. The van der Waals surface area contributed by atoms with Crippen molar-refractivity contribution in [2.24, 2.45) is 5.92 Å². The molecule has 0 fully saturated rings. The second-order valence-electron chi connectivity index (χ2n) is 3.90. The monoisotopic (exact) mass is 211 g/mol. The van der Waals surface area contributed by atoms with Crippen LogP contribution >= 0.6 is 11.3 Å². The number of carbonyl (C=O) groups is 1. The smallest absolute Gasteiger partial charge is 0.180 e. The van der Waals surface area contributed by atoms with Crippen molar-refractivity contribution >= 4 is 17.1 Å². The first-order valence-corrected chi connectivity index (χ1v) is 5.85. The lowest BCUT2D eigenvalue weighted by Gasteiger charge is -2.13. The maximum absolute atomic E-state index is 11.8. The molecule has 0 aliphatic heterocycles. The van der Waals surface area contributed by atoms with Crippen LogP contribution in [0.25, 0.3) is 0 Å². The molecule has 0 saturated carbocycles. The molecule has 0 aliphatic rings. The Hall–Kier alpha value is -0.670. The van der Waals surface area contributed by atoms with Gasteiger partial charge in [0.2, 0.25) is 0 Å². The Morgan fingerprint density at radius 2 is 2.21 bits per heavy atom. The van der Waals surface area contributed by atoms with Crippen LogP contribution in [0.2, 0.25) is 0 Å². The van der Waals surface area contributed by atoms with Crippen molar-refractivity contribution in [1.82, 2.24) is 5.32 Å². The Bertz CT molecular complexity index is 279. The standard InChI is InChI=1S/C11H17NOS/c1-8(2)6-12-9(3)11(13)10-4-5-14-7-10/h4-5,7-9,12H,6H2,1-3H3. The zero-order valence-electron chi connectivity index (χ0n) is 8.91. The molecule has 0 radical (unpaired) electrons. The molecule has 0 amide bonds. The minimum absolute atomic E-state index is 0.0769. The zero-order chi connectivity index (χ0) is 10.6. The molecular weight excluding hydrogens is 194 g/mol. The summed E-state index contributed by atoms with van der Waals surface area (Å²) in [4.78, 5) is 11.8. The van der Waals surface area contributed by atoms with E-state index in [9.17, 15) is 4.79 Å². The number of Topliss-reactive ketones (excluding diaryl/α,β-unsaturated/α-hetero) is 1. The lowest BCUT2D eigenvalue weighted by atomic mass is 10.1. The molecule has 1 aromatic heterocycles. The first-order valence-electron chi connectivity index (χ1n) is 4.91. The summed E-state index contributed by atoms with van der Waals surface area (Å²) < 4.78 is 0. The first kappa shape index (κ1) is 11.4. The summed E-state index contributed by atoms with van der Waals surface area (Å²) in [6, 6.07) is 1.80. The molecule has 1 heterocycles. The summed E-state index contributed by atoms with van der Waals surface area (Å²) in [5, 5.41) is 7.06. The molecule has 1 rings (SSSR count). The van der Waals surface area contributed by atoms with Gasteiger partial charge in [0, 0.05) is 10.9 Å². The van der Waals surface area contributed by atoms with Gasteiger partial charge in [-0.3, -0.25) is 4.79 Å². The molecule has 0 spiro atoms. The third kappa shape index (κ3) is 3.24. The lowest BCUT2D eigenvalue weighted by Crippen LogP contribution is -2.36. The van der Waals surface area contributed by atoms with Crippen molar-refractivity contribution in [3.8, 4) is 0 Å². The van der Waals surface area contributed by atoms with Gasteiger partial charge in [0.1, 0.15) is 0 Å². The van der Waals surface area contributed by atoms with E-state index in [4.69, 9.17) is 0 Å². The highest BCUT2D eigenvalue weighted by Gasteiger charge is 2.14. The predicted octanol–water partition coefficient (Wildman–Crippen LogP) is 2.56. The van der Waals surface area contributed by atoms with Gasteiger partial charge in [0.05, 0.1) is 6.04 Å².